The first kappa shape index (κ1) is 10.7. The van der Waals surface area contributed by atoms with Gasteiger partial charge in [-0.15, -0.1) is 0 Å². The summed E-state index contributed by atoms with van der Waals surface area (Å²) >= 11 is 3.25. The van der Waals surface area contributed by atoms with Crippen molar-refractivity contribution in [1.29, 1.82) is 0 Å². The molecule has 0 saturated heterocycles. The average molecular weight is 283 g/mol. The molecule has 0 aliphatic heterocycles. The highest BCUT2D eigenvalue weighted by Gasteiger charge is 2.06. The van der Waals surface area contributed by atoms with Crippen LogP contribution in [0.3, 0.4) is 0 Å². The van der Waals surface area contributed by atoms with E-state index in [1.165, 1.54) is 0 Å². The lowest BCUT2D eigenvalue weighted by Gasteiger charge is -2.06. The van der Waals surface area contributed by atoms with Gasteiger partial charge in [-0.2, -0.15) is 0 Å². The van der Waals surface area contributed by atoms with Gasteiger partial charge < -0.3 is 5.11 Å². The van der Waals surface area contributed by atoms with Crippen LogP contribution >= 0.6 is 15.9 Å². The molecule has 0 fully saturated rings. The summed E-state index contributed by atoms with van der Waals surface area (Å²) in [6.45, 7) is 0. The molecule has 0 aliphatic carbocycles. The fourth-order valence-electron chi connectivity index (χ4n) is 1.35. The number of nitrogens with one attached hydrogen (secondary N) is 1. The number of hydrogen-bond donors (Lipinski definition) is 2. The number of aromatic amines is 1. The minimum Gasteiger partial charge on any atom is -0.494 e. The van der Waals surface area contributed by atoms with Crippen LogP contribution in [0.2, 0.25) is 0 Å². The van der Waals surface area contributed by atoms with E-state index < -0.39 is 17.1 Å². The van der Waals surface area contributed by atoms with E-state index in [9.17, 15) is 14.7 Å². The monoisotopic (exact) mass is 282 g/mol. The van der Waals surface area contributed by atoms with Crippen LogP contribution in [0.1, 0.15) is 0 Å². The fourth-order valence-corrected chi connectivity index (χ4v) is 1.74. The lowest BCUT2D eigenvalue weighted by molar-refractivity contribution is 0.431. The minimum absolute atomic E-state index is 0.396. The maximum Gasteiger partial charge on any atom is 0.335 e. The van der Waals surface area contributed by atoms with E-state index in [2.05, 4.69) is 20.9 Å². The zero-order valence-electron chi connectivity index (χ0n) is 7.98. The van der Waals surface area contributed by atoms with Crippen molar-refractivity contribution >= 4 is 15.9 Å². The van der Waals surface area contributed by atoms with Crippen molar-refractivity contribution < 1.29 is 5.11 Å². The van der Waals surface area contributed by atoms with E-state index in [-0.39, 0.29) is 0 Å². The van der Waals surface area contributed by atoms with Gasteiger partial charge in [-0.25, -0.2) is 9.36 Å². The molecule has 0 aliphatic rings. The molecule has 2 N–H and O–H groups in total. The third-order valence-corrected chi connectivity index (χ3v) is 2.48. The first-order chi connectivity index (χ1) is 7.58. The number of aromatic hydroxyl groups is 1. The van der Waals surface area contributed by atoms with Crippen LogP contribution < -0.4 is 11.2 Å². The van der Waals surface area contributed by atoms with Gasteiger partial charge in [0.1, 0.15) is 0 Å². The average Bonchev–Trinajstić information content (AvgIpc) is 2.15. The van der Waals surface area contributed by atoms with Gasteiger partial charge in [0.15, 0.2) is 0 Å². The second-order valence-electron chi connectivity index (χ2n) is 3.11. The summed E-state index contributed by atoms with van der Waals surface area (Å²) in [5, 5.41) is 9.54. The molecular formula is C10H7BrN2O3. The zero-order chi connectivity index (χ0) is 11.7. The number of nitrogens with zero attached hydrogens (tertiary/aromatic N) is 1. The number of rotatable bonds is 1. The fraction of sp³-hybridized carbons (Fsp3) is 0. The number of halogens is 1. The molecular weight excluding hydrogens is 276 g/mol. The third kappa shape index (κ3) is 1.92. The molecule has 0 amide bonds. The molecule has 0 saturated carbocycles. The second kappa shape index (κ2) is 3.97. The Labute approximate surface area is 98.1 Å². The van der Waals surface area contributed by atoms with Crippen molar-refractivity contribution in [3.63, 3.8) is 0 Å². The van der Waals surface area contributed by atoms with Crippen molar-refractivity contribution in [1.82, 2.24) is 9.55 Å². The van der Waals surface area contributed by atoms with E-state index in [0.29, 0.717) is 5.69 Å². The van der Waals surface area contributed by atoms with Crippen LogP contribution in [0.15, 0.2) is 44.4 Å². The van der Waals surface area contributed by atoms with Crippen LogP contribution in [0, 0.1) is 0 Å². The molecule has 0 spiro atoms. The predicted molar refractivity (Wildman–Crippen MR) is 62.0 cm³/mol. The minimum atomic E-state index is -0.678. The summed E-state index contributed by atoms with van der Waals surface area (Å²) in [6.07, 6.45) is 0. The topological polar surface area (TPSA) is 75.1 Å². The zero-order valence-corrected chi connectivity index (χ0v) is 9.56. The molecule has 2 aromatic rings. The van der Waals surface area contributed by atoms with Gasteiger partial charge in [0, 0.05) is 4.47 Å². The molecule has 0 bridgehead atoms. The normalized spacial score (nSPS) is 10.3. The molecule has 1 aromatic heterocycles. The summed E-state index contributed by atoms with van der Waals surface area (Å²) in [6, 6.07) is 7.75. The maximum atomic E-state index is 11.5. The van der Waals surface area contributed by atoms with Crippen LogP contribution in [-0.2, 0) is 0 Å². The number of aromatic nitrogens is 2. The first-order valence-corrected chi connectivity index (χ1v) is 5.18. The summed E-state index contributed by atoms with van der Waals surface area (Å²) in [5.74, 6) is -0.396. The van der Waals surface area contributed by atoms with Crippen molar-refractivity contribution in [2.45, 2.75) is 0 Å². The Morgan fingerprint density at radius 2 is 2.00 bits per heavy atom. The molecule has 6 heteroatoms. The van der Waals surface area contributed by atoms with Gasteiger partial charge in [-0.3, -0.25) is 9.78 Å². The second-order valence-corrected chi connectivity index (χ2v) is 4.03. The van der Waals surface area contributed by atoms with Gasteiger partial charge >= 0.3 is 5.69 Å². The van der Waals surface area contributed by atoms with E-state index in [1.54, 1.807) is 24.3 Å². The molecule has 2 rings (SSSR count). The van der Waals surface area contributed by atoms with Crippen LogP contribution in [0.4, 0.5) is 0 Å². The number of benzene rings is 1. The molecule has 82 valence electrons. The first-order valence-electron chi connectivity index (χ1n) is 4.39. The Bertz CT molecular complexity index is 645. The van der Waals surface area contributed by atoms with Crippen molar-refractivity contribution in [2.75, 3.05) is 0 Å². The quantitative estimate of drug-likeness (QED) is 0.819. The van der Waals surface area contributed by atoms with Crippen LogP contribution in [0.5, 0.6) is 5.88 Å². The SMILES string of the molecule is O=c1cc(O)n(-c2cccc(Br)c2)c(=O)[nH]1. The third-order valence-electron chi connectivity index (χ3n) is 1.99. The Balaban J connectivity index is 2.74. The van der Waals surface area contributed by atoms with Crippen molar-refractivity contribution in [3.8, 4) is 11.6 Å². The Morgan fingerprint density at radius 3 is 2.62 bits per heavy atom. The van der Waals surface area contributed by atoms with E-state index in [0.717, 1.165) is 15.1 Å². The van der Waals surface area contributed by atoms with Gasteiger partial charge in [0.2, 0.25) is 5.88 Å². The summed E-state index contributed by atoms with van der Waals surface area (Å²) in [7, 11) is 0. The standard InChI is InChI=1S/C10H7BrN2O3/c11-6-2-1-3-7(4-6)13-9(15)5-8(14)12-10(13)16/h1-5,15H,(H,12,14,16). The lowest BCUT2D eigenvalue weighted by atomic mass is 10.3. The molecule has 0 radical (unpaired) electrons. The highest BCUT2D eigenvalue weighted by molar-refractivity contribution is 9.10. The lowest BCUT2D eigenvalue weighted by Crippen LogP contribution is -2.27. The smallest absolute Gasteiger partial charge is 0.335 e. The summed E-state index contributed by atoms with van der Waals surface area (Å²) in [5.41, 5.74) is -0.843. The molecule has 0 unspecified atom stereocenters. The summed E-state index contributed by atoms with van der Waals surface area (Å²) in [4.78, 5) is 24.5. The molecule has 1 heterocycles. The van der Waals surface area contributed by atoms with Gasteiger partial charge in [-0.05, 0) is 18.2 Å². The molecule has 1 aromatic carbocycles. The Hall–Kier alpha value is -1.82. The molecule has 16 heavy (non-hydrogen) atoms. The van der Waals surface area contributed by atoms with E-state index in [1.807, 2.05) is 0 Å². The number of hydrogen-bond acceptors (Lipinski definition) is 3. The number of H-pyrrole nitrogens is 1. The van der Waals surface area contributed by atoms with Crippen LogP contribution in [0.25, 0.3) is 5.69 Å². The van der Waals surface area contributed by atoms with E-state index >= 15 is 0 Å². The van der Waals surface area contributed by atoms with Crippen molar-refractivity contribution in [2.24, 2.45) is 0 Å². The van der Waals surface area contributed by atoms with E-state index in [4.69, 9.17) is 0 Å². The highest BCUT2D eigenvalue weighted by atomic mass is 79.9. The largest absolute Gasteiger partial charge is 0.494 e. The Kier molecular flexibility index (Phi) is 2.66. The molecule has 5 nitrogen and oxygen atoms in total. The molecule has 0 atom stereocenters. The maximum absolute atomic E-state index is 11.5. The van der Waals surface area contributed by atoms with Crippen LogP contribution in [-0.4, -0.2) is 14.7 Å². The van der Waals surface area contributed by atoms with Gasteiger partial charge in [-0.1, -0.05) is 22.0 Å². The van der Waals surface area contributed by atoms with Gasteiger partial charge in [0.05, 0.1) is 11.8 Å². The predicted octanol–water partition coefficient (Wildman–Crippen LogP) is 0.994. The Morgan fingerprint density at radius 1 is 1.25 bits per heavy atom. The van der Waals surface area contributed by atoms with Gasteiger partial charge in [0.25, 0.3) is 5.56 Å². The summed E-state index contributed by atoms with van der Waals surface area (Å²) < 4.78 is 1.77. The highest BCUT2D eigenvalue weighted by Crippen LogP contribution is 2.16. The van der Waals surface area contributed by atoms with Crippen molar-refractivity contribution in [3.05, 3.63) is 55.6 Å².